The van der Waals surface area contributed by atoms with Gasteiger partial charge >= 0.3 is 0 Å². The van der Waals surface area contributed by atoms with E-state index in [1.165, 1.54) is 18.2 Å². The Morgan fingerprint density at radius 1 is 0.800 bits per heavy atom. The fourth-order valence-corrected chi connectivity index (χ4v) is 4.17. The molecule has 0 unspecified atom stereocenters. The van der Waals surface area contributed by atoms with E-state index >= 15 is 0 Å². The molecule has 0 aromatic heterocycles. The predicted molar refractivity (Wildman–Crippen MR) is 119 cm³/mol. The summed E-state index contributed by atoms with van der Waals surface area (Å²) in [6.45, 7) is 0. The molecule has 4 rings (SSSR count). The maximum atomic E-state index is 13.1. The normalized spacial score (nSPS) is 12.4. The van der Waals surface area contributed by atoms with Gasteiger partial charge in [-0.2, -0.15) is 0 Å². The maximum absolute atomic E-state index is 13.1. The van der Waals surface area contributed by atoms with Crippen molar-refractivity contribution in [2.75, 3.05) is 11.1 Å². The first kappa shape index (κ1) is 20.7. The number of nitrogens with one attached hydrogen (secondary N) is 1. The number of hydrogen-bond donors (Lipinski definition) is 2. The average molecular weight is 480 g/mol. The molecule has 1 amide bonds. The van der Waals surface area contributed by atoms with Crippen LogP contribution in [0.4, 0.5) is 11.4 Å². The zero-order valence-electron chi connectivity index (χ0n) is 14.9. The van der Waals surface area contributed by atoms with Gasteiger partial charge in [0.1, 0.15) is 0 Å². The van der Waals surface area contributed by atoms with Crippen molar-refractivity contribution in [3.05, 3.63) is 90.4 Å². The largest absolute Gasteiger partial charge is 0.398 e. The topological polar surface area (TPSA) is 89.3 Å². The minimum Gasteiger partial charge on any atom is -0.398 e. The molecule has 0 fully saturated rings. The lowest BCUT2D eigenvalue weighted by molar-refractivity contribution is 0.0979. The summed E-state index contributed by atoms with van der Waals surface area (Å²) in [6, 6.07) is 10.6. The third kappa shape index (κ3) is 3.15. The van der Waals surface area contributed by atoms with E-state index in [1.54, 1.807) is 24.3 Å². The number of rotatable bonds is 2. The standard InChI is InChI=1S/C21H10Cl4N2O3/c22-11-7-10(16(23)18(25)17(11)24)21(30)27-13-6-5-12(26)14-15(13)20(29)9-4-2-1-3-8(9)19(14)28/h1-7H,26H2,(H,27,30). The van der Waals surface area contributed by atoms with Gasteiger partial charge in [-0.25, -0.2) is 0 Å². The van der Waals surface area contributed by atoms with Crippen molar-refractivity contribution >= 4 is 75.3 Å². The quantitative estimate of drug-likeness (QED) is 0.212. The second kappa shape index (κ2) is 7.60. The average Bonchev–Trinajstić information content (AvgIpc) is 2.74. The predicted octanol–water partition coefficient (Wildman–Crippen LogP) is 5.91. The van der Waals surface area contributed by atoms with Crippen LogP contribution in [0.25, 0.3) is 0 Å². The Morgan fingerprint density at radius 2 is 1.40 bits per heavy atom. The summed E-state index contributed by atoms with van der Waals surface area (Å²) in [5.41, 5.74) is 6.71. The molecule has 1 aliphatic rings. The molecule has 9 heteroatoms. The number of nitrogens with two attached hydrogens (primary N) is 1. The van der Waals surface area contributed by atoms with Crippen LogP contribution in [0.15, 0.2) is 42.5 Å². The number of halogens is 4. The number of nitrogen functional groups attached to an aromatic ring is 1. The Labute approximate surface area is 190 Å². The van der Waals surface area contributed by atoms with Crippen LogP contribution in [0.5, 0.6) is 0 Å². The van der Waals surface area contributed by atoms with Gasteiger partial charge in [0.15, 0.2) is 11.6 Å². The maximum Gasteiger partial charge on any atom is 0.257 e. The molecule has 0 radical (unpaired) electrons. The molecular formula is C21H10Cl4N2O3. The summed E-state index contributed by atoms with van der Waals surface area (Å²) in [7, 11) is 0. The summed E-state index contributed by atoms with van der Waals surface area (Å²) >= 11 is 24.1. The SMILES string of the molecule is Nc1ccc(NC(=O)c2cc(Cl)c(Cl)c(Cl)c2Cl)c2c1C(=O)c1ccccc1C2=O. The number of amides is 1. The summed E-state index contributed by atoms with van der Waals surface area (Å²) in [5.74, 6) is -1.52. The number of carbonyl (C=O) groups excluding carboxylic acids is 3. The second-order valence-electron chi connectivity index (χ2n) is 6.46. The van der Waals surface area contributed by atoms with Crippen LogP contribution >= 0.6 is 46.4 Å². The summed E-state index contributed by atoms with van der Waals surface area (Å²) in [6.07, 6.45) is 0. The molecule has 0 aliphatic heterocycles. The van der Waals surface area contributed by atoms with E-state index < -0.39 is 17.5 Å². The Hall–Kier alpha value is -2.57. The van der Waals surface area contributed by atoms with Gasteiger partial charge in [-0.15, -0.1) is 0 Å². The van der Waals surface area contributed by atoms with Crippen molar-refractivity contribution in [3.63, 3.8) is 0 Å². The second-order valence-corrected chi connectivity index (χ2v) is 8.00. The van der Waals surface area contributed by atoms with Crippen LogP contribution in [-0.4, -0.2) is 17.5 Å². The number of ketones is 2. The molecule has 0 heterocycles. The Morgan fingerprint density at radius 3 is 2.03 bits per heavy atom. The number of benzene rings is 3. The van der Waals surface area contributed by atoms with E-state index in [9.17, 15) is 14.4 Å². The van der Waals surface area contributed by atoms with Crippen molar-refractivity contribution in [2.24, 2.45) is 0 Å². The molecular weight excluding hydrogens is 470 g/mol. The number of hydrogen-bond acceptors (Lipinski definition) is 4. The molecule has 3 aromatic carbocycles. The monoisotopic (exact) mass is 478 g/mol. The molecule has 150 valence electrons. The lowest BCUT2D eigenvalue weighted by atomic mass is 9.82. The Kier molecular flexibility index (Phi) is 5.24. The molecule has 0 atom stereocenters. The van der Waals surface area contributed by atoms with E-state index in [4.69, 9.17) is 52.1 Å². The lowest BCUT2D eigenvalue weighted by Crippen LogP contribution is -2.25. The van der Waals surface area contributed by atoms with Gasteiger partial charge in [0, 0.05) is 16.8 Å². The number of carbonyl (C=O) groups is 3. The molecule has 3 aromatic rings. The smallest absolute Gasteiger partial charge is 0.257 e. The van der Waals surface area contributed by atoms with Crippen molar-refractivity contribution < 1.29 is 14.4 Å². The van der Waals surface area contributed by atoms with Gasteiger partial charge in [0.2, 0.25) is 0 Å². The highest BCUT2D eigenvalue weighted by atomic mass is 35.5. The van der Waals surface area contributed by atoms with Crippen LogP contribution in [0.2, 0.25) is 20.1 Å². The van der Waals surface area contributed by atoms with E-state index in [0.717, 1.165) is 0 Å². The molecule has 0 saturated carbocycles. The number of anilines is 2. The van der Waals surface area contributed by atoms with Crippen molar-refractivity contribution in [1.29, 1.82) is 0 Å². The van der Waals surface area contributed by atoms with Gasteiger partial charge in [-0.1, -0.05) is 70.7 Å². The first-order valence-corrected chi connectivity index (χ1v) is 9.98. The van der Waals surface area contributed by atoms with Gasteiger partial charge in [-0.3, -0.25) is 14.4 Å². The highest BCUT2D eigenvalue weighted by Crippen LogP contribution is 2.39. The first-order valence-electron chi connectivity index (χ1n) is 8.47. The van der Waals surface area contributed by atoms with E-state index in [0.29, 0.717) is 0 Å². The van der Waals surface area contributed by atoms with Crippen molar-refractivity contribution in [2.45, 2.75) is 0 Å². The summed E-state index contributed by atoms with van der Waals surface area (Å²) in [4.78, 5) is 38.9. The summed E-state index contributed by atoms with van der Waals surface area (Å²) < 4.78 is 0. The fraction of sp³-hybridized carbons (Fsp3) is 0. The zero-order valence-corrected chi connectivity index (χ0v) is 17.9. The molecule has 3 N–H and O–H groups in total. The van der Waals surface area contributed by atoms with Crippen molar-refractivity contribution in [1.82, 2.24) is 0 Å². The van der Waals surface area contributed by atoms with Crippen LogP contribution in [0, 0.1) is 0 Å². The molecule has 30 heavy (non-hydrogen) atoms. The fourth-order valence-electron chi connectivity index (χ4n) is 3.28. The number of fused-ring (bicyclic) bond motifs is 2. The highest BCUT2D eigenvalue weighted by molar-refractivity contribution is 6.53. The van der Waals surface area contributed by atoms with E-state index in [1.807, 2.05) is 0 Å². The lowest BCUT2D eigenvalue weighted by Gasteiger charge is -2.22. The minimum absolute atomic E-state index is 0.00864. The zero-order chi connectivity index (χ0) is 21.7. The van der Waals surface area contributed by atoms with Crippen molar-refractivity contribution in [3.8, 4) is 0 Å². The minimum atomic E-state index is -0.688. The van der Waals surface area contributed by atoms with Crippen LogP contribution in [0.3, 0.4) is 0 Å². The Balaban J connectivity index is 1.83. The van der Waals surface area contributed by atoms with Crippen LogP contribution in [-0.2, 0) is 0 Å². The third-order valence-corrected chi connectivity index (χ3v) is 6.45. The van der Waals surface area contributed by atoms with Crippen LogP contribution < -0.4 is 11.1 Å². The third-order valence-electron chi connectivity index (χ3n) is 4.70. The summed E-state index contributed by atoms with van der Waals surface area (Å²) in [5, 5.41) is 2.48. The molecule has 1 aliphatic carbocycles. The molecule has 5 nitrogen and oxygen atoms in total. The van der Waals surface area contributed by atoms with E-state index in [2.05, 4.69) is 5.32 Å². The highest BCUT2D eigenvalue weighted by Gasteiger charge is 2.34. The van der Waals surface area contributed by atoms with Gasteiger partial charge in [0.05, 0.1) is 42.5 Å². The molecule has 0 saturated heterocycles. The van der Waals surface area contributed by atoms with Gasteiger partial charge < -0.3 is 11.1 Å². The first-order chi connectivity index (χ1) is 14.2. The molecule has 0 bridgehead atoms. The van der Waals surface area contributed by atoms with Gasteiger partial charge in [-0.05, 0) is 18.2 Å². The van der Waals surface area contributed by atoms with Gasteiger partial charge in [0.25, 0.3) is 5.91 Å². The van der Waals surface area contributed by atoms with E-state index in [-0.39, 0.29) is 59.3 Å². The Bertz CT molecular complexity index is 1290. The van der Waals surface area contributed by atoms with Crippen LogP contribution in [0.1, 0.15) is 42.2 Å². The molecule has 0 spiro atoms.